The zero-order valence-corrected chi connectivity index (χ0v) is 20.0. The van der Waals surface area contributed by atoms with Gasteiger partial charge in [0, 0.05) is 31.1 Å². The number of hydrogen-bond donors (Lipinski definition) is 1. The molecule has 5 nitrogen and oxygen atoms in total. The molecule has 0 fully saturated rings. The van der Waals surface area contributed by atoms with Gasteiger partial charge in [0.25, 0.3) is 11.8 Å². The summed E-state index contributed by atoms with van der Waals surface area (Å²) in [4.78, 5) is 29.3. The van der Waals surface area contributed by atoms with Crippen molar-refractivity contribution in [1.29, 1.82) is 0 Å². The molecule has 1 aliphatic rings. The van der Waals surface area contributed by atoms with Crippen molar-refractivity contribution in [3.8, 4) is 0 Å². The Morgan fingerprint density at radius 3 is 1.62 bits per heavy atom. The molecule has 0 aliphatic carbocycles. The quantitative estimate of drug-likeness (QED) is 0.472. The number of imide groups is 1. The molecule has 0 saturated carbocycles. The van der Waals surface area contributed by atoms with Gasteiger partial charge in [0.2, 0.25) is 0 Å². The Balaban J connectivity index is 1.53. The van der Waals surface area contributed by atoms with Crippen molar-refractivity contribution in [3.63, 3.8) is 0 Å². The molecule has 4 rings (SSSR count). The van der Waals surface area contributed by atoms with Crippen LogP contribution < -0.4 is 0 Å². The van der Waals surface area contributed by atoms with E-state index >= 15 is 0 Å². The fraction of sp³-hybridized carbons (Fsp3) is 0.310. The third-order valence-corrected chi connectivity index (χ3v) is 6.73. The minimum absolute atomic E-state index is 0.148. The van der Waals surface area contributed by atoms with Crippen LogP contribution in [0.1, 0.15) is 52.6 Å². The first-order valence-corrected chi connectivity index (χ1v) is 11.7. The minimum Gasteiger partial charge on any atom is -0.391 e. The summed E-state index contributed by atoms with van der Waals surface area (Å²) < 4.78 is 0. The van der Waals surface area contributed by atoms with Crippen molar-refractivity contribution in [2.45, 2.75) is 46.0 Å². The fourth-order valence-electron chi connectivity index (χ4n) is 4.72. The van der Waals surface area contributed by atoms with E-state index in [0.29, 0.717) is 24.2 Å². The number of aliphatic hydroxyl groups excluding tert-OH is 1. The highest BCUT2D eigenvalue weighted by Gasteiger charge is 2.42. The molecule has 0 aromatic heterocycles. The first kappa shape index (κ1) is 23.9. The van der Waals surface area contributed by atoms with Crippen LogP contribution in [0.5, 0.6) is 0 Å². The Morgan fingerprint density at radius 1 is 0.765 bits per heavy atom. The maximum atomic E-state index is 12.9. The Kier molecular flexibility index (Phi) is 6.96. The number of nitrogens with zero attached hydrogens (tertiary/aromatic N) is 2. The molecular weight excluding hydrogens is 424 g/mol. The molecule has 0 unspecified atom stereocenters. The van der Waals surface area contributed by atoms with Gasteiger partial charge in [0.15, 0.2) is 0 Å². The molecule has 0 radical (unpaired) electrons. The first-order chi connectivity index (χ1) is 16.3. The van der Waals surface area contributed by atoms with E-state index in [1.807, 2.05) is 57.2 Å². The molecular formula is C29H32N2O3. The lowest BCUT2D eigenvalue weighted by atomic mass is 9.81. The lowest BCUT2D eigenvalue weighted by Gasteiger charge is -2.41. The highest BCUT2D eigenvalue weighted by atomic mass is 16.3. The third-order valence-electron chi connectivity index (χ3n) is 6.73. The van der Waals surface area contributed by atoms with E-state index in [9.17, 15) is 14.7 Å². The molecule has 5 heteroatoms. The highest BCUT2D eigenvalue weighted by Crippen LogP contribution is 2.32. The van der Waals surface area contributed by atoms with Crippen LogP contribution in [0.3, 0.4) is 0 Å². The monoisotopic (exact) mass is 456 g/mol. The lowest BCUT2D eigenvalue weighted by Crippen LogP contribution is -2.52. The van der Waals surface area contributed by atoms with Crippen molar-refractivity contribution in [3.05, 3.63) is 107 Å². The van der Waals surface area contributed by atoms with Crippen LogP contribution in [0.25, 0.3) is 0 Å². The van der Waals surface area contributed by atoms with Crippen molar-refractivity contribution < 1.29 is 14.7 Å². The average molecular weight is 457 g/mol. The van der Waals surface area contributed by atoms with E-state index in [0.717, 1.165) is 11.1 Å². The maximum Gasteiger partial charge on any atom is 0.261 e. The number of carbonyl (C=O) groups excluding carboxylic acids is 2. The van der Waals surface area contributed by atoms with Crippen LogP contribution >= 0.6 is 0 Å². The average Bonchev–Trinajstić information content (AvgIpc) is 3.08. The lowest BCUT2D eigenvalue weighted by molar-refractivity contribution is -0.0349. The molecule has 2 atom stereocenters. The summed E-state index contributed by atoms with van der Waals surface area (Å²) in [6.45, 7) is 7.35. The predicted molar refractivity (Wildman–Crippen MR) is 133 cm³/mol. The summed E-state index contributed by atoms with van der Waals surface area (Å²) in [6.07, 6.45) is -0.774. The number of fused-ring (bicyclic) bond motifs is 1. The third kappa shape index (κ3) is 4.96. The van der Waals surface area contributed by atoms with E-state index in [4.69, 9.17) is 0 Å². The normalized spacial score (nSPS) is 15.5. The Labute approximate surface area is 201 Å². The fourth-order valence-corrected chi connectivity index (χ4v) is 4.72. The smallest absolute Gasteiger partial charge is 0.261 e. The van der Waals surface area contributed by atoms with Gasteiger partial charge in [-0.3, -0.25) is 19.4 Å². The Hall–Kier alpha value is -3.28. The van der Waals surface area contributed by atoms with Gasteiger partial charge in [-0.1, -0.05) is 86.6 Å². The number of rotatable bonds is 9. The predicted octanol–water partition coefficient (Wildman–Crippen LogP) is 4.76. The van der Waals surface area contributed by atoms with Gasteiger partial charge >= 0.3 is 0 Å². The number of aliphatic hydroxyl groups is 1. The standard InChI is InChI=1S/C29H32N2O3/c1-21(30(18-22-12-6-4-7-13-22)19-23-14-8-5-9-15-23)26(32)29(2,3)20-31-27(33)24-16-10-11-17-25(24)28(31)34/h4-17,21,26,32H,18-20H2,1-3H3/t21-,26+/m0/s1. The van der Waals surface area contributed by atoms with E-state index < -0.39 is 11.5 Å². The SMILES string of the molecule is C[C@@H]([C@@H](O)C(C)(C)CN1C(=O)c2ccccc2C1=O)N(Cc1ccccc1)Cc1ccccc1. The second-order valence-corrected chi connectivity index (χ2v) is 9.79. The molecule has 1 heterocycles. The van der Waals surface area contributed by atoms with Gasteiger partial charge < -0.3 is 5.11 Å². The van der Waals surface area contributed by atoms with E-state index in [-0.39, 0.29) is 24.4 Å². The summed E-state index contributed by atoms with van der Waals surface area (Å²) in [5.74, 6) is -0.585. The van der Waals surface area contributed by atoms with Crippen LogP contribution in [-0.2, 0) is 13.1 Å². The molecule has 1 N–H and O–H groups in total. The van der Waals surface area contributed by atoms with Gasteiger partial charge in [-0.25, -0.2) is 0 Å². The molecule has 34 heavy (non-hydrogen) atoms. The number of carbonyl (C=O) groups is 2. The second-order valence-electron chi connectivity index (χ2n) is 9.79. The number of amides is 2. The van der Waals surface area contributed by atoms with Gasteiger partial charge in [-0.2, -0.15) is 0 Å². The molecule has 0 bridgehead atoms. The molecule has 3 aromatic rings. The van der Waals surface area contributed by atoms with Crippen LogP contribution in [-0.4, -0.2) is 45.4 Å². The van der Waals surface area contributed by atoms with Crippen LogP contribution in [0.4, 0.5) is 0 Å². The van der Waals surface area contributed by atoms with Crippen LogP contribution in [0.15, 0.2) is 84.9 Å². The minimum atomic E-state index is -0.774. The van der Waals surface area contributed by atoms with E-state index in [1.54, 1.807) is 24.3 Å². The van der Waals surface area contributed by atoms with Crippen LogP contribution in [0, 0.1) is 5.41 Å². The molecule has 0 spiro atoms. The molecule has 1 aliphatic heterocycles. The zero-order valence-electron chi connectivity index (χ0n) is 20.0. The van der Waals surface area contributed by atoms with Gasteiger partial charge in [0.1, 0.15) is 0 Å². The summed E-state index contributed by atoms with van der Waals surface area (Å²) in [5, 5.41) is 11.5. The summed E-state index contributed by atoms with van der Waals surface area (Å²) in [6, 6.07) is 27.1. The molecule has 2 amide bonds. The van der Waals surface area contributed by atoms with Gasteiger partial charge in [0.05, 0.1) is 17.2 Å². The Bertz CT molecular complexity index is 1070. The van der Waals surface area contributed by atoms with Gasteiger partial charge in [-0.15, -0.1) is 0 Å². The number of benzene rings is 3. The maximum absolute atomic E-state index is 12.9. The largest absolute Gasteiger partial charge is 0.391 e. The van der Waals surface area contributed by atoms with E-state index in [2.05, 4.69) is 29.2 Å². The second kappa shape index (κ2) is 9.92. The van der Waals surface area contributed by atoms with Gasteiger partial charge in [-0.05, 0) is 30.2 Å². The van der Waals surface area contributed by atoms with Crippen molar-refractivity contribution >= 4 is 11.8 Å². The molecule has 0 saturated heterocycles. The zero-order chi connectivity index (χ0) is 24.3. The summed E-state index contributed by atoms with van der Waals surface area (Å²) in [7, 11) is 0. The van der Waals surface area contributed by atoms with E-state index in [1.165, 1.54) is 4.90 Å². The van der Waals surface area contributed by atoms with Crippen molar-refractivity contribution in [2.75, 3.05) is 6.54 Å². The number of hydrogen-bond acceptors (Lipinski definition) is 4. The highest BCUT2D eigenvalue weighted by molar-refractivity contribution is 6.21. The first-order valence-electron chi connectivity index (χ1n) is 11.7. The van der Waals surface area contributed by atoms with Crippen molar-refractivity contribution in [2.24, 2.45) is 5.41 Å². The Morgan fingerprint density at radius 2 is 1.18 bits per heavy atom. The summed E-state index contributed by atoms with van der Waals surface area (Å²) in [5.41, 5.74) is 2.48. The summed E-state index contributed by atoms with van der Waals surface area (Å²) >= 11 is 0. The van der Waals surface area contributed by atoms with Crippen LogP contribution in [0.2, 0.25) is 0 Å². The van der Waals surface area contributed by atoms with Crippen molar-refractivity contribution in [1.82, 2.24) is 9.80 Å². The molecule has 3 aromatic carbocycles. The molecule has 176 valence electrons. The topological polar surface area (TPSA) is 60.9 Å².